The number of sulfonamides is 2. The van der Waals surface area contributed by atoms with Crippen LogP contribution in [0.15, 0.2) is 81.6 Å². The summed E-state index contributed by atoms with van der Waals surface area (Å²) in [4.78, 5) is 59.2. The number of nitrogens with zero attached hydrogens (tertiary/aromatic N) is 2. The minimum absolute atomic E-state index is 0.0352. The molecule has 4 aromatic carbocycles. The molecule has 6 aromatic rings. The summed E-state index contributed by atoms with van der Waals surface area (Å²) in [6.45, 7) is 6.54. The second kappa shape index (κ2) is 24.8. The molecule has 2 saturated carbocycles. The molecule has 0 bridgehead atoms. The molecule has 2 aromatic heterocycles. The first-order chi connectivity index (χ1) is 36.7. The van der Waals surface area contributed by atoms with E-state index in [1.165, 1.54) is 59.1 Å². The summed E-state index contributed by atoms with van der Waals surface area (Å²) in [6.07, 6.45) is 5.27. The number of anilines is 2. The zero-order valence-corrected chi connectivity index (χ0v) is 46.2. The van der Waals surface area contributed by atoms with Crippen molar-refractivity contribution in [2.24, 2.45) is 5.73 Å². The normalized spacial score (nSPS) is 13.3. The number of hydrogen-bond donors (Lipinski definition) is 6. The number of ether oxygens (including phenoxy) is 1. The molecule has 0 spiro atoms. The van der Waals surface area contributed by atoms with Gasteiger partial charge in [-0.2, -0.15) is 0 Å². The van der Waals surface area contributed by atoms with Crippen LogP contribution in [0.4, 0.5) is 25.0 Å². The van der Waals surface area contributed by atoms with Gasteiger partial charge in [0.05, 0.1) is 48.1 Å². The number of aliphatic carboxylic acids is 1. The Kier molecular flexibility index (Phi) is 19.0. The summed E-state index contributed by atoms with van der Waals surface area (Å²) in [7, 11) is -4.36. The molecule has 24 heteroatoms. The molecule has 78 heavy (non-hydrogen) atoms. The van der Waals surface area contributed by atoms with Crippen LogP contribution in [0, 0.1) is 11.6 Å². The minimum atomic E-state index is -3.81. The van der Waals surface area contributed by atoms with Gasteiger partial charge in [0.1, 0.15) is 39.9 Å². The average molecular weight is 1120 g/mol. The molecule has 2 fully saturated rings. The fourth-order valence-electron chi connectivity index (χ4n) is 8.36. The van der Waals surface area contributed by atoms with Gasteiger partial charge in [-0.05, 0) is 130 Å². The summed E-state index contributed by atoms with van der Waals surface area (Å²) >= 11 is 0. The van der Waals surface area contributed by atoms with Crippen molar-refractivity contribution in [3.8, 4) is 22.6 Å². The summed E-state index contributed by atoms with van der Waals surface area (Å²) in [6, 6.07) is 18.1. The molecule has 2 aliphatic carbocycles. The van der Waals surface area contributed by atoms with E-state index in [2.05, 4.69) is 21.3 Å². The summed E-state index contributed by atoms with van der Waals surface area (Å²) in [5, 5.41) is 19.0. The van der Waals surface area contributed by atoms with Gasteiger partial charge in [0.25, 0.3) is 11.8 Å². The molecule has 0 saturated heterocycles. The molecule has 0 atom stereocenters. The highest BCUT2D eigenvalue weighted by atomic mass is 32.2. The maximum absolute atomic E-state index is 13.6. The number of carboxylic acid groups (broad SMARTS) is 1. The van der Waals surface area contributed by atoms with Crippen molar-refractivity contribution in [1.82, 2.24) is 21.3 Å². The van der Waals surface area contributed by atoms with Crippen LogP contribution >= 0.6 is 0 Å². The molecule has 2 aliphatic rings. The zero-order valence-electron chi connectivity index (χ0n) is 44.5. The smallest absolute Gasteiger partial charge is 0.408 e. The summed E-state index contributed by atoms with van der Waals surface area (Å²) < 4.78 is 97.7. The quantitative estimate of drug-likeness (QED) is 0.0484. The van der Waals surface area contributed by atoms with Crippen LogP contribution < -0.4 is 35.6 Å². The van der Waals surface area contributed by atoms with Crippen LogP contribution in [0.1, 0.15) is 103 Å². The van der Waals surface area contributed by atoms with E-state index in [1.807, 2.05) is 6.07 Å². The number of furan rings is 2. The average Bonchev–Trinajstić information content (AvgIpc) is 4.33. The standard InChI is InChI=1S/C29H35FN4O7S.C22H24FN3O4S.C3H6O2/c1-29(2,3)41-28(37)33-16-24(35)32-12-13-34(42(5,38)39)22-15-23-21(14-20(22)17-6-7-17)25(27(36)31-4)26(40-23)18-8-10-19(30)11-9-18;1-25-22(27)20-17-11-16(13-3-4-13)18(26(10-9-24)31(2,28)29)12-19(17)30-21(20)14-5-7-15(23)8-6-14;1-2-3(4)5/h8-11,14-15,17H,6-7,12-13,16H2,1-5H3,(H,31,36)(H,32,35)(H,33,37);5-8,11-13H,3-4,9-10,24H2,1-2H3,(H,25,27);2H2,1H3,(H,4,5). The first-order valence-corrected chi connectivity index (χ1v) is 28.7. The van der Waals surface area contributed by atoms with Crippen molar-refractivity contribution in [1.29, 1.82) is 0 Å². The van der Waals surface area contributed by atoms with E-state index in [4.69, 9.17) is 24.4 Å². The number of nitrogens with two attached hydrogens (primary N) is 1. The lowest BCUT2D eigenvalue weighted by atomic mass is 10.0. The molecule has 7 N–H and O–H groups in total. The third-order valence-corrected chi connectivity index (χ3v) is 14.6. The van der Waals surface area contributed by atoms with Gasteiger partial charge in [-0.3, -0.25) is 27.8 Å². The highest BCUT2D eigenvalue weighted by Gasteiger charge is 2.35. The molecule has 0 unspecified atom stereocenters. The lowest BCUT2D eigenvalue weighted by molar-refractivity contribution is -0.136. The van der Waals surface area contributed by atoms with Crippen molar-refractivity contribution >= 4 is 83.1 Å². The second-order valence-electron chi connectivity index (χ2n) is 19.6. The summed E-state index contributed by atoms with van der Waals surface area (Å²) in [5.41, 5.74) is 9.76. The van der Waals surface area contributed by atoms with Crippen molar-refractivity contribution in [2.75, 3.05) is 67.9 Å². The summed E-state index contributed by atoms with van der Waals surface area (Å²) in [5.74, 6) is -2.00. The van der Waals surface area contributed by atoms with E-state index < -0.39 is 61.2 Å². The molecule has 4 amide bonds. The van der Waals surface area contributed by atoms with E-state index in [-0.39, 0.29) is 73.8 Å². The number of benzene rings is 4. The fraction of sp³-hybridized carbons (Fsp3) is 0.389. The molecule has 420 valence electrons. The van der Waals surface area contributed by atoms with Crippen molar-refractivity contribution in [3.05, 3.63) is 107 Å². The molecule has 20 nitrogen and oxygen atoms in total. The molecular weight excluding hydrogens is 1060 g/mol. The van der Waals surface area contributed by atoms with Gasteiger partial charge in [-0.15, -0.1) is 0 Å². The zero-order chi connectivity index (χ0) is 57.4. The van der Waals surface area contributed by atoms with Crippen LogP contribution in [-0.2, 0) is 34.4 Å². The number of alkyl carbamates (subject to hydrolysis) is 1. The third-order valence-electron chi connectivity index (χ3n) is 12.2. The first kappa shape index (κ1) is 59.7. The Labute approximate surface area is 451 Å². The van der Waals surface area contributed by atoms with Crippen LogP contribution in [0.5, 0.6) is 0 Å². The molecule has 8 rings (SSSR count). The van der Waals surface area contributed by atoms with Gasteiger partial charge in [-0.25, -0.2) is 30.4 Å². The number of amides is 4. The van der Waals surface area contributed by atoms with Gasteiger partial charge in [-0.1, -0.05) is 6.92 Å². The predicted molar refractivity (Wildman–Crippen MR) is 293 cm³/mol. The molecule has 0 radical (unpaired) electrons. The van der Waals surface area contributed by atoms with Gasteiger partial charge in [0.2, 0.25) is 26.0 Å². The Hall–Kier alpha value is -7.57. The number of hydrogen-bond acceptors (Lipinski definition) is 13. The van der Waals surface area contributed by atoms with Crippen molar-refractivity contribution < 1.29 is 68.3 Å². The fourth-order valence-corrected chi connectivity index (χ4v) is 10.2. The lowest BCUT2D eigenvalue weighted by Gasteiger charge is -2.25. The number of rotatable bonds is 18. The topological polar surface area (TPSA) is 290 Å². The number of carbonyl (C=O) groups is 5. The van der Waals surface area contributed by atoms with Crippen LogP contribution in [0.3, 0.4) is 0 Å². The van der Waals surface area contributed by atoms with Gasteiger partial charge in [0, 0.05) is 74.2 Å². The Bertz CT molecular complexity index is 3420. The number of halogens is 2. The van der Waals surface area contributed by atoms with E-state index in [9.17, 15) is 49.6 Å². The number of fused-ring (bicyclic) bond motifs is 2. The third kappa shape index (κ3) is 15.1. The monoisotopic (exact) mass is 1120 g/mol. The van der Waals surface area contributed by atoms with E-state index in [0.717, 1.165) is 49.3 Å². The highest BCUT2D eigenvalue weighted by molar-refractivity contribution is 7.92. The van der Waals surface area contributed by atoms with Gasteiger partial charge < -0.3 is 45.7 Å². The van der Waals surface area contributed by atoms with Crippen LogP contribution in [-0.4, -0.2) is 117 Å². The Morgan fingerprint density at radius 1 is 0.692 bits per heavy atom. The molecular formula is C54H65F2N7O13S2. The van der Waals surface area contributed by atoms with E-state index >= 15 is 0 Å². The molecule has 2 heterocycles. The number of nitrogens with one attached hydrogen (secondary N) is 4. The lowest BCUT2D eigenvalue weighted by Crippen LogP contribution is -2.43. The second-order valence-corrected chi connectivity index (χ2v) is 23.4. The Morgan fingerprint density at radius 3 is 1.42 bits per heavy atom. The van der Waals surface area contributed by atoms with Crippen molar-refractivity contribution in [3.63, 3.8) is 0 Å². The van der Waals surface area contributed by atoms with Crippen molar-refractivity contribution in [2.45, 2.75) is 77.2 Å². The van der Waals surface area contributed by atoms with Crippen LogP contribution in [0.2, 0.25) is 0 Å². The first-order valence-electron chi connectivity index (χ1n) is 25.0. The number of carbonyl (C=O) groups excluding carboxylic acids is 4. The number of carboxylic acids is 1. The maximum atomic E-state index is 13.6. The highest BCUT2D eigenvalue weighted by Crippen LogP contribution is 2.49. The predicted octanol–water partition coefficient (Wildman–Crippen LogP) is 7.56. The largest absolute Gasteiger partial charge is 0.481 e. The van der Waals surface area contributed by atoms with Gasteiger partial charge >= 0.3 is 12.1 Å². The maximum Gasteiger partial charge on any atom is 0.408 e. The van der Waals surface area contributed by atoms with E-state index in [0.29, 0.717) is 50.2 Å². The van der Waals surface area contributed by atoms with Crippen LogP contribution in [0.25, 0.3) is 44.6 Å². The Morgan fingerprint density at radius 2 is 1.09 bits per heavy atom. The molecule has 0 aliphatic heterocycles. The SMILES string of the molecule is CCC(=O)O.CNC(=O)c1c(-c2ccc(F)cc2)oc2cc(N(CCN)S(C)(=O)=O)c(C3CC3)cc12.CNC(=O)c1c(-c2ccc(F)cc2)oc2cc(N(CCNC(=O)CNC(=O)OC(C)(C)C)S(C)(=O)=O)c(C3CC3)cc12. The van der Waals surface area contributed by atoms with Gasteiger partial charge in [0.15, 0.2) is 0 Å². The van der Waals surface area contributed by atoms with E-state index in [1.54, 1.807) is 58.0 Å². The minimum Gasteiger partial charge on any atom is -0.481 e. The Balaban J connectivity index is 0.000000240.